The summed E-state index contributed by atoms with van der Waals surface area (Å²) < 4.78 is 39.4. The summed E-state index contributed by atoms with van der Waals surface area (Å²) in [6.45, 7) is 1.30. The summed E-state index contributed by atoms with van der Waals surface area (Å²) >= 11 is 0. The highest BCUT2D eigenvalue weighted by molar-refractivity contribution is 5.90. The van der Waals surface area contributed by atoms with Crippen molar-refractivity contribution in [2.45, 2.75) is 19.1 Å². The van der Waals surface area contributed by atoms with Gasteiger partial charge in [-0.15, -0.1) is 0 Å². The number of rotatable bonds is 4. The van der Waals surface area contributed by atoms with Crippen molar-refractivity contribution in [2.24, 2.45) is 0 Å². The van der Waals surface area contributed by atoms with Crippen LogP contribution in [-0.2, 0) is 6.18 Å². The van der Waals surface area contributed by atoms with Crippen LogP contribution in [0.4, 0.5) is 29.3 Å². The molecule has 1 aromatic carbocycles. The van der Waals surface area contributed by atoms with Gasteiger partial charge in [0.05, 0.1) is 23.9 Å². The maximum atomic E-state index is 13.1. The van der Waals surface area contributed by atoms with Crippen LogP contribution in [0.1, 0.15) is 12.5 Å². The van der Waals surface area contributed by atoms with Crippen molar-refractivity contribution in [2.75, 3.05) is 38.0 Å². The monoisotopic (exact) mass is 319 g/mol. The number of carbonyl (C=O) groups is 1. The quantitative estimate of drug-likeness (QED) is 0.897. The van der Waals surface area contributed by atoms with Crippen LogP contribution in [0, 0.1) is 0 Å². The molecule has 0 spiro atoms. The van der Waals surface area contributed by atoms with Gasteiger partial charge in [0.25, 0.3) is 0 Å². The lowest BCUT2D eigenvalue weighted by atomic mass is 10.1. The molecular weight excluding hydrogens is 299 g/mol. The number of alkyl halides is 3. The van der Waals surface area contributed by atoms with Gasteiger partial charge >= 0.3 is 12.2 Å². The summed E-state index contributed by atoms with van der Waals surface area (Å²) in [6.07, 6.45) is -4.59. The minimum atomic E-state index is -4.59. The first-order valence-corrected chi connectivity index (χ1v) is 6.61. The van der Waals surface area contributed by atoms with Crippen LogP contribution in [0.15, 0.2) is 18.2 Å². The van der Waals surface area contributed by atoms with E-state index in [0.717, 1.165) is 11.0 Å². The zero-order chi connectivity index (χ0) is 17.1. The number of amides is 2. The van der Waals surface area contributed by atoms with Crippen molar-refractivity contribution in [1.29, 1.82) is 0 Å². The first kappa shape index (κ1) is 18.1. The summed E-state index contributed by atoms with van der Waals surface area (Å²) in [6, 6.07) is 2.46. The Bertz CT molecular complexity index is 533. The average Bonchev–Trinajstić information content (AvgIpc) is 2.44. The van der Waals surface area contributed by atoms with Gasteiger partial charge in [-0.2, -0.15) is 13.2 Å². The van der Waals surface area contributed by atoms with Gasteiger partial charge in [0.2, 0.25) is 0 Å². The number of urea groups is 1. The Labute approximate surface area is 127 Å². The molecule has 8 heteroatoms. The molecule has 2 amide bonds. The first-order valence-electron chi connectivity index (χ1n) is 6.61. The molecule has 124 valence electrons. The van der Waals surface area contributed by atoms with E-state index in [-0.39, 0.29) is 12.3 Å². The molecule has 0 bridgehead atoms. The van der Waals surface area contributed by atoms with E-state index in [4.69, 9.17) is 5.11 Å². The highest BCUT2D eigenvalue weighted by atomic mass is 19.4. The van der Waals surface area contributed by atoms with Crippen LogP contribution < -0.4 is 10.2 Å². The van der Waals surface area contributed by atoms with Crippen molar-refractivity contribution in [3.8, 4) is 0 Å². The minimum Gasteiger partial charge on any atom is -0.394 e. The summed E-state index contributed by atoms with van der Waals surface area (Å²) in [5.41, 5.74) is -0.861. The predicted molar refractivity (Wildman–Crippen MR) is 79.1 cm³/mol. The molecule has 1 aromatic rings. The molecule has 5 nitrogen and oxygen atoms in total. The number of hydrogen-bond donors (Lipinski definition) is 2. The molecule has 0 radical (unpaired) electrons. The molecule has 0 aliphatic carbocycles. The Hall–Kier alpha value is -1.96. The lowest BCUT2D eigenvalue weighted by Gasteiger charge is -2.25. The van der Waals surface area contributed by atoms with Gasteiger partial charge in [-0.25, -0.2) is 4.79 Å². The molecule has 0 heterocycles. The Kier molecular flexibility index (Phi) is 5.65. The van der Waals surface area contributed by atoms with E-state index in [1.54, 1.807) is 25.9 Å². The zero-order valence-corrected chi connectivity index (χ0v) is 12.9. The Morgan fingerprint density at radius 3 is 2.36 bits per heavy atom. The molecule has 0 aliphatic rings. The third-order valence-electron chi connectivity index (χ3n) is 3.31. The number of hydrogen-bond acceptors (Lipinski definition) is 3. The molecule has 0 aromatic heterocycles. The third-order valence-corrected chi connectivity index (χ3v) is 3.31. The molecule has 0 saturated carbocycles. The second kappa shape index (κ2) is 6.87. The molecule has 0 fully saturated rings. The molecule has 22 heavy (non-hydrogen) atoms. The number of likely N-dealkylation sites (N-methyl/N-ethyl adjacent to an activating group) is 1. The number of nitrogens with one attached hydrogen (secondary N) is 1. The van der Waals surface area contributed by atoms with Crippen molar-refractivity contribution < 1.29 is 23.1 Å². The van der Waals surface area contributed by atoms with Crippen LogP contribution in [0.2, 0.25) is 0 Å². The minimum absolute atomic E-state index is 0.282. The Balaban J connectivity index is 3.11. The molecule has 0 aliphatic heterocycles. The maximum absolute atomic E-state index is 13.1. The molecule has 2 N–H and O–H groups in total. The van der Waals surface area contributed by atoms with Gasteiger partial charge in [0.15, 0.2) is 0 Å². The maximum Gasteiger partial charge on any atom is 0.418 e. The lowest BCUT2D eigenvalue weighted by Crippen LogP contribution is -2.40. The Morgan fingerprint density at radius 2 is 1.91 bits per heavy atom. The van der Waals surface area contributed by atoms with Crippen molar-refractivity contribution in [1.82, 2.24) is 4.90 Å². The van der Waals surface area contributed by atoms with Gasteiger partial charge < -0.3 is 20.2 Å². The van der Waals surface area contributed by atoms with E-state index in [1.165, 1.54) is 19.2 Å². The van der Waals surface area contributed by atoms with E-state index < -0.39 is 23.8 Å². The standard InChI is InChI=1S/C14H20F3N3O2/c1-9(8-21)20(4)13(22)18-12-6-5-10(19(2)3)7-11(12)14(15,16)17/h5-7,9,21H,8H2,1-4H3,(H,18,22). The van der Waals surface area contributed by atoms with Crippen LogP contribution in [0.25, 0.3) is 0 Å². The normalized spacial score (nSPS) is 12.7. The number of anilines is 2. The summed E-state index contributed by atoms with van der Waals surface area (Å²) in [5.74, 6) is 0. The van der Waals surface area contributed by atoms with Crippen LogP contribution in [0.5, 0.6) is 0 Å². The molecule has 1 atom stereocenters. The van der Waals surface area contributed by atoms with Crippen molar-refractivity contribution in [3.05, 3.63) is 23.8 Å². The average molecular weight is 319 g/mol. The van der Waals surface area contributed by atoms with E-state index in [0.29, 0.717) is 5.69 Å². The fourth-order valence-electron chi connectivity index (χ4n) is 1.68. The summed E-state index contributed by atoms with van der Waals surface area (Å²) in [7, 11) is 4.66. The molecular formula is C14H20F3N3O2. The second-order valence-corrected chi connectivity index (χ2v) is 5.19. The molecule has 1 rings (SSSR count). The number of aliphatic hydroxyl groups excluding tert-OH is 1. The van der Waals surface area contributed by atoms with Gasteiger partial charge in [-0.3, -0.25) is 0 Å². The van der Waals surface area contributed by atoms with E-state index in [9.17, 15) is 18.0 Å². The van der Waals surface area contributed by atoms with Gasteiger partial charge in [0, 0.05) is 26.8 Å². The number of halogens is 3. The van der Waals surface area contributed by atoms with Gasteiger partial charge in [-0.05, 0) is 25.1 Å². The number of carbonyl (C=O) groups excluding carboxylic acids is 1. The lowest BCUT2D eigenvalue weighted by molar-refractivity contribution is -0.136. The zero-order valence-electron chi connectivity index (χ0n) is 12.9. The summed E-state index contributed by atoms with van der Waals surface area (Å²) in [5, 5.41) is 11.2. The van der Waals surface area contributed by atoms with Gasteiger partial charge in [-0.1, -0.05) is 0 Å². The van der Waals surface area contributed by atoms with Gasteiger partial charge in [0.1, 0.15) is 0 Å². The number of nitrogens with zero attached hydrogens (tertiary/aromatic N) is 2. The smallest absolute Gasteiger partial charge is 0.394 e. The summed E-state index contributed by atoms with van der Waals surface area (Å²) in [4.78, 5) is 14.6. The second-order valence-electron chi connectivity index (χ2n) is 5.19. The van der Waals surface area contributed by atoms with E-state index >= 15 is 0 Å². The fraction of sp³-hybridized carbons (Fsp3) is 0.500. The SMILES string of the molecule is CC(CO)N(C)C(=O)Nc1ccc(N(C)C)cc1C(F)(F)F. The third kappa shape index (κ3) is 4.27. The fourth-order valence-corrected chi connectivity index (χ4v) is 1.68. The van der Waals surface area contributed by atoms with Crippen molar-refractivity contribution in [3.63, 3.8) is 0 Å². The van der Waals surface area contributed by atoms with Crippen LogP contribution in [-0.4, -0.2) is 49.8 Å². The van der Waals surface area contributed by atoms with E-state index in [1.807, 2.05) is 0 Å². The largest absolute Gasteiger partial charge is 0.418 e. The highest BCUT2D eigenvalue weighted by Crippen LogP contribution is 2.37. The highest BCUT2D eigenvalue weighted by Gasteiger charge is 2.34. The molecule has 1 unspecified atom stereocenters. The number of aliphatic hydroxyl groups is 1. The van der Waals surface area contributed by atoms with Crippen LogP contribution >= 0.6 is 0 Å². The van der Waals surface area contributed by atoms with Crippen LogP contribution in [0.3, 0.4) is 0 Å². The first-order chi connectivity index (χ1) is 10.1. The predicted octanol–water partition coefficient (Wildman–Crippen LogP) is 2.62. The van der Waals surface area contributed by atoms with E-state index in [2.05, 4.69) is 5.32 Å². The Morgan fingerprint density at radius 1 is 1.32 bits per heavy atom. The number of benzene rings is 1. The topological polar surface area (TPSA) is 55.8 Å². The van der Waals surface area contributed by atoms with Crippen molar-refractivity contribution >= 4 is 17.4 Å². The molecule has 0 saturated heterocycles.